The quantitative estimate of drug-likeness (QED) is 0.215. The Labute approximate surface area is 173 Å². The third-order valence-electron chi connectivity index (χ3n) is 4.34. The Bertz CT molecular complexity index is 539. The van der Waals surface area contributed by atoms with Crippen molar-refractivity contribution in [3.8, 4) is 0 Å². The summed E-state index contributed by atoms with van der Waals surface area (Å²) in [6.07, 6.45) is 9.26. The molecule has 0 saturated heterocycles. The number of hydrogen-bond acceptors (Lipinski definition) is 6. The van der Waals surface area contributed by atoms with E-state index < -0.39 is 30.1 Å². The van der Waals surface area contributed by atoms with E-state index in [-0.39, 0.29) is 18.6 Å². The molecule has 0 saturated carbocycles. The molecule has 2 atom stereocenters. The molecule has 7 nitrogen and oxygen atoms in total. The number of allylic oxidation sites excluding steroid dienone is 1. The number of esters is 2. The summed E-state index contributed by atoms with van der Waals surface area (Å²) in [7, 11) is 0. The summed E-state index contributed by atoms with van der Waals surface area (Å²) >= 11 is 0. The third-order valence-corrected chi connectivity index (χ3v) is 4.34. The van der Waals surface area contributed by atoms with Gasteiger partial charge in [-0.3, -0.25) is 19.2 Å². The highest BCUT2D eigenvalue weighted by Crippen LogP contribution is 2.16. The number of rotatable bonds is 17. The number of Topliss-reactive ketones (excluding diaryl/α,β-unsaturated/α-hetero) is 1. The van der Waals surface area contributed by atoms with Gasteiger partial charge in [-0.25, -0.2) is 0 Å². The number of carboxylic acids is 1. The van der Waals surface area contributed by atoms with Gasteiger partial charge in [0.05, 0.1) is 0 Å². The molecule has 0 aliphatic heterocycles. The average molecular weight is 413 g/mol. The molecular formula is C22H36O7. The molecule has 0 aliphatic rings. The third kappa shape index (κ3) is 15.4. The zero-order chi connectivity index (χ0) is 22.1. The molecule has 0 heterocycles. The number of ether oxygens (including phenoxy) is 2. The van der Waals surface area contributed by atoms with E-state index >= 15 is 0 Å². The van der Waals surface area contributed by atoms with Crippen LogP contribution < -0.4 is 0 Å². The predicted molar refractivity (Wildman–Crippen MR) is 109 cm³/mol. The molecule has 0 radical (unpaired) electrons. The molecule has 0 aromatic carbocycles. The fourth-order valence-electron chi connectivity index (χ4n) is 2.91. The van der Waals surface area contributed by atoms with Gasteiger partial charge in [0.25, 0.3) is 0 Å². The number of carboxylic acid groups (broad SMARTS) is 1. The van der Waals surface area contributed by atoms with Gasteiger partial charge in [0, 0.05) is 33.1 Å². The van der Waals surface area contributed by atoms with Crippen LogP contribution in [-0.2, 0) is 28.7 Å². The topological polar surface area (TPSA) is 107 Å². The number of carbonyl (C=O) groups is 4. The van der Waals surface area contributed by atoms with Crippen LogP contribution in [-0.4, -0.2) is 41.0 Å². The van der Waals surface area contributed by atoms with Crippen LogP contribution in [0.3, 0.4) is 0 Å². The Morgan fingerprint density at radius 2 is 1.45 bits per heavy atom. The predicted octanol–water partition coefficient (Wildman–Crippen LogP) is 4.37. The van der Waals surface area contributed by atoms with Crippen molar-refractivity contribution in [2.45, 2.75) is 104 Å². The highest BCUT2D eigenvalue weighted by molar-refractivity contribution is 5.86. The van der Waals surface area contributed by atoms with Crippen LogP contribution in [0.2, 0.25) is 0 Å². The number of unbranched alkanes of at least 4 members (excludes halogenated alkanes) is 6. The van der Waals surface area contributed by atoms with Crippen LogP contribution in [0.25, 0.3) is 0 Å². The normalized spacial score (nSPS) is 13.1. The molecule has 1 N–H and O–H groups in total. The lowest BCUT2D eigenvalue weighted by atomic mass is 10.00. The number of aliphatic carboxylic acids is 1. The maximum Gasteiger partial charge on any atom is 0.303 e. The molecule has 166 valence electrons. The van der Waals surface area contributed by atoms with Gasteiger partial charge in [0.2, 0.25) is 0 Å². The summed E-state index contributed by atoms with van der Waals surface area (Å²) < 4.78 is 10.5. The van der Waals surface area contributed by atoms with Gasteiger partial charge in [0.1, 0.15) is 6.10 Å². The first-order valence-corrected chi connectivity index (χ1v) is 10.5. The maximum absolute atomic E-state index is 12.6. The Hall–Kier alpha value is -2.18. The van der Waals surface area contributed by atoms with Crippen molar-refractivity contribution in [3.63, 3.8) is 0 Å². The number of ketones is 1. The molecule has 0 spiro atoms. The van der Waals surface area contributed by atoms with E-state index in [1.807, 2.05) is 12.2 Å². The second-order valence-corrected chi connectivity index (χ2v) is 7.16. The minimum Gasteiger partial charge on any atom is -0.481 e. The summed E-state index contributed by atoms with van der Waals surface area (Å²) in [6.45, 7) is 4.61. The van der Waals surface area contributed by atoms with Crippen molar-refractivity contribution >= 4 is 23.7 Å². The molecule has 7 heteroatoms. The van der Waals surface area contributed by atoms with E-state index in [0.29, 0.717) is 32.1 Å². The van der Waals surface area contributed by atoms with Crippen molar-refractivity contribution in [1.29, 1.82) is 0 Å². The van der Waals surface area contributed by atoms with E-state index in [0.717, 1.165) is 25.7 Å². The second-order valence-electron chi connectivity index (χ2n) is 7.16. The number of hydrogen-bond donors (Lipinski definition) is 1. The first-order valence-electron chi connectivity index (χ1n) is 10.5. The van der Waals surface area contributed by atoms with Gasteiger partial charge in [0.15, 0.2) is 11.9 Å². The van der Waals surface area contributed by atoms with E-state index in [4.69, 9.17) is 14.6 Å². The molecule has 29 heavy (non-hydrogen) atoms. The van der Waals surface area contributed by atoms with E-state index in [9.17, 15) is 19.2 Å². The molecule has 0 fully saturated rings. The first-order chi connectivity index (χ1) is 13.8. The zero-order valence-corrected chi connectivity index (χ0v) is 18.0. The van der Waals surface area contributed by atoms with E-state index in [1.54, 1.807) is 0 Å². The molecule has 0 aromatic rings. The van der Waals surface area contributed by atoms with Crippen LogP contribution in [0, 0.1) is 0 Å². The summed E-state index contributed by atoms with van der Waals surface area (Å²) in [4.78, 5) is 46.1. The summed E-state index contributed by atoms with van der Waals surface area (Å²) in [5.74, 6) is -2.26. The fraction of sp³-hybridized carbons (Fsp3) is 0.727. The van der Waals surface area contributed by atoms with Crippen molar-refractivity contribution in [2.75, 3.05) is 0 Å². The largest absolute Gasteiger partial charge is 0.481 e. The van der Waals surface area contributed by atoms with Crippen LogP contribution >= 0.6 is 0 Å². The summed E-state index contributed by atoms with van der Waals surface area (Å²) in [5, 5.41) is 8.63. The molecular weight excluding hydrogens is 376 g/mol. The smallest absolute Gasteiger partial charge is 0.303 e. The summed E-state index contributed by atoms with van der Waals surface area (Å²) in [5.41, 5.74) is 0. The summed E-state index contributed by atoms with van der Waals surface area (Å²) in [6, 6.07) is 0. The van der Waals surface area contributed by atoms with Crippen molar-refractivity contribution in [1.82, 2.24) is 0 Å². The minimum atomic E-state index is -1.13. The lowest BCUT2D eigenvalue weighted by Gasteiger charge is -2.24. The SMILES string of the molecule is CCCCC/C=C\C[C@H](OC(C)=O)[C@H](OC(C)=O)C(=O)CCCCCCC(=O)O. The lowest BCUT2D eigenvalue weighted by molar-refractivity contribution is -0.169. The van der Waals surface area contributed by atoms with Gasteiger partial charge < -0.3 is 14.6 Å². The Balaban J connectivity index is 4.78. The van der Waals surface area contributed by atoms with Crippen molar-refractivity contribution in [3.05, 3.63) is 12.2 Å². The van der Waals surface area contributed by atoms with Gasteiger partial charge in [-0.15, -0.1) is 0 Å². The highest BCUT2D eigenvalue weighted by atomic mass is 16.6. The van der Waals surface area contributed by atoms with Gasteiger partial charge in [-0.2, -0.15) is 0 Å². The van der Waals surface area contributed by atoms with Crippen molar-refractivity contribution < 1.29 is 33.8 Å². The first kappa shape index (κ1) is 26.8. The van der Waals surface area contributed by atoms with Gasteiger partial charge in [-0.05, 0) is 25.7 Å². The minimum absolute atomic E-state index is 0.114. The van der Waals surface area contributed by atoms with Crippen LogP contribution in [0.4, 0.5) is 0 Å². The molecule has 0 bridgehead atoms. The van der Waals surface area contributed by atoms with Crippen LogP contribution in [0.5, 0.6) is 0 Å². The van der Waals surface area contributed by atoms with E-state index in [1.165, 1.54) is 13.8 Å². The monoisotopic (exact) mass is 412 g/mol. The fourth-order valence-corrected chi connectivity index (χ4v) is 2.91. The lowest BCUT2D eigenvalue weighted by Crippen LogP contribution is -2.40. The Morgan fingerprint density at radius 3 is 2.00 bits per heavy atom. The van der Waals surface area contributed by atoms with Crippen LogP contribution in [0.1, 0.15) is 91.4 Å². The van der Waals surface area contributed by atoms with Gasteiger partial charge >= 0.3 is 17.9 Å². The van der Waals surface area contributed by atoms with Crippen LogP contribution in [0.15, 0.2) is 12.2 Å². The average Bonchev–Trinajstić information content (AvgIpc) is 2.63. The molecule has 0 unspecified atom stereocenters. The maximum atomic E-state index is 12.6. The zero-order valence-electron chi connectivity index (χ0n) is 18.0. The Morgan fingerprint density at radius 1 is 0.828 bits per heavy atom. The highest BCUT2D eigenvalue weighted by Gasteiger charge is 2.32. The molecule has 0 rings (SSSR count). The Kier molecular flexibility index (Phi) is 15.5. The molecule has 0 aromatic heterocycles. The van der Waals surface area contributed by atoms with Crippen molar-refractivity contribution in [2.24, 2.45) is 0 Å². The van der Waals surface area contributed by atoms with E-state index in [2.05, 4.69) is 6.92 Å². The molecule has 0 aliphatic carbocycles. The van der Waals surface area contributed by atoms with Gasteiger partial charge in [-0.1, -0.05) is 44.8 Å². The molecule has 0 amide bonds. The number of carbonyl (C=O) groups excluding carboxylic acids is 3. The second kappa shape index (κ2) is 16.7. The standard InChI is InChI=1S/C22H36O7/c1-4-5-6-7-8-12-15-20(28-17(2)23)22(29-18(3)24)19(25)14-11-9-10-13-16-21(26)27/h8,12,20,22H,4-7,9-11,13-16H2,1-3H3,(H,26,27)/b12-8-/t20-,22+/m0/s1.